The van der Waals surface area contributed by atoms with Crippen LogP contribution in [0, 0.1) is 5.92 Å². The second-order valence-corrected chi connectivity index (χ2v) is 5.72. The molecule has 3 heteroatoms. The lowest BCUT2D eigenvalue weighted by atomic mass is 10.1. The van der Waals surface area contributed by atoms with Gasteiger partial charge in [0, 0.05) is 18.7 Å². The lowest BCUT2D eigenvalue weighted by Gasteiger charge is -2.19. The molecule has 1 saturated heterocycles. The Morgan fingerprint density at radius 2 is 2.00 bits per heavy atom. The Bertz CT molecular complexity index is 369. The first kappa shape index (κ1) is 14.4. The summed E-state index contributed by atoms with van der Waals surface area (Å²) in [6.07, 6.45) is 1.11. The van der Waals surface area contributed by atoms with E-state index >= 15 is 0 Å². The zero-order valence-corrected chi connectivity index (χ0v) is 12.2. The molecule has 2 unspecified atom stereocenters. The van der Waals surface area contributed by atoms with Gasteiger partial charge in [0.25, 0.3) is 0 Å². The Kier molecular flexibility index (Phi) is 5.23. The first-order valence-electron chi connectivity index (χ1n) is 7.21. The van der Waals surface area contributed by atoms with Crippen molar-refractivity contribution in [3.8, 4) is 5.75 Å². The molecule has 0 aromatic heterocycles. The largest absolute Gasteiger partial charge is 0.493 e. The lowest BCUT2D eigenvalue weighted by Crippen LogP contribution is -2.31. The van der Waals surface area contributed by atoms with Gasteiger partial charge in [0.15, 0.2) is 0 Å². The maximum atomic E-state index is 5.70. The molecule has 1 aromatic carbocycles. The van der Waals surface area contributed by atoms with Gasteiger partial charge in [-0.3, -0.25) is 0 Å². The summed E-state index contributed by atoms with van der Waals surface area (Å²) >= 11 is 0. The van der Waals surface area contributed by atoms with Crippen LogP contribution in [-0.4, -0.2) is 25.9 Å². The van der Waals surface area contributed by atoms with E-state index in [1.54, 1.807) is 0 Å². The van der Waals surface area contributed by atoms with Gasteiger partial charge in [-0.05, 0) is 37.0 Å². The van der Waals surface area contributed by atoms with Gasteiger partial charge in [0.1, 0.15) is 5.75 Å². The van der Waals surface area contributed by atoms with Crippen molar-refractivity contribution in [2.24, 2.45) is 5.92 Å². The summed E-state index contributed by atoms with van der Waals surface area (Å²) in [4.78, 5) is 0. The van der Waals surface area contributed by atoms with Gasteiger partial charge < -0.3 is 14.8 Å². The maximum Gasteiger partial charge on any atom is 0.119 e. The van der Waals surface area contributed by atoms with Crippen molar-refractivity contribution in [1.29, 1.82) is 0 Å². The maximum absolute atomic E-state index is 5.70. The van der Waals surface area contributed by atoms with Crippen molar-refractivity contribution < 1.29 is 9.47 Å². The van der Waals surface area contributed by atoms with E-state index in [4.69, 9.17) is 9.47 Å². The normalized spacial score (nSPS) is 20.7. The molecule has 0 spiro atoms. The van der Waals surface area contributed by atoms with Crippen LogP contribution in [0.5, 0.6) is 5.75 Å². The van der Waals surface area contributed by atoms with E-state index in [0.717, 1.165) is 32.0 Å². The third-order valence-corrected chi connectivity index (χ3v) is 3.38. The van der Waals surface area contributed by atoms with Crippen molar-refractivity contribution in [2.45, 2.75) is 39.3 Å². The fourth-order valence-electron chi connectivity index (χ4n) is 2.23. The summed E-state index contributed by atoms with van der Waals surface area (Å²) < 4.78 is 11.1. The molecule has 0 amide bonds. The van der Waals surface area contributed by atoms with Gasteiger partial charge in [-0.25, -0.2) is 0 Å². The molecular formula is C16H25NO2. The van der Waals surface area contributed by atoms with E-state index in [1.807, 2.05) is 0 Å². The Labute approximate surface area is 116 Å². The lowest BCUT2D eigenvalue weighted by molar-refractivity contribution is 0.188. The van der Waals surface area contributed by atoms with Crippen LogP contribution >= 0.6 is 0 Å². The number of hydrogen-bond acceptors (Lipinski definition) is 3. The quantitative estimate of drug-likeness (QED) is 0.855. The fraction of sp³-hybridized carbons (Fsp3) is 0.625. The topological polar surface area (TPSA) is 30.5 Å². The molecule has 0 radical (unpaired) electrons. The predicted octanol–water partition coefficient (Wildman–Crippen LogP) is 3.16. The van der Waals surface area contributed by atoms with Crippen LogP contribution in [0.15, 0.2) is 24.3 Å². The van der Waals surface area contributed by atoms with Crippen LogP contribution in [-0.2, 0) is 4.74 Å². The highest BCUT2D eigenvalue weighted by molar-refractivity contribution is 5.29. The van der Waals surface area contributed by atoms with E-state index in [1.165, 1.54) is 5.56 Å². The first-order chi connectivity index (χ1) is 9.15. The highest BCUT2D eigenvalue weighted by atomic mass is 16.5. The molecule has 19 heavy (non-hydrogen) atoms. The predicted molar refractivity (Wildman–Crippen MR) is 77.5 cm³/mol. The van der Waals surface area contributed by atoms with Crippen molar-refractivity contribution in [3.05, 3.63) is 29.8 Å². The van der Waals surface area contributed by atoms with Crippen LogP contribution in [0.4, 0.5) is 0 Å². The fourth-order valence-corrected chi connectivity index (χ4v) is 2.23. The minimum absolute atomic E-state index is 0.353. The van der Waals surface area contributed by atoms with Crippen LogP contribution in [0.2, 0.25) is 0 Å². The molecule has 1 aromatic rings. The Balaban J connectivity index is 1.86. The Hall–Kier alpha value is -1.06. The zero-order valence-electron chi connectivity index (χ0n) is 12.2. The van der Waals surface area contributed by atoms with Gasteiger partial charge >= 0.3 is 0 Å². The standard InChI is InChI=1S/C16H25NO2/c1-12(2)10-19-16-6-4-14(5-7-16)13(3)17-15-8-9-18-11-15/h4-7,12-13,15,17H,8-11H2,1-3H3. The van der Waals surface area contributed by atoms with Gasteiger partial charge in [0.2, 0.25) is 0 Å². The van der Waals surface area contributed by atoms with Crippen LogP contribution < -0.4 is 10.1 Å². The number of nitrogens with one attached hydrogen (secondary N) is 1. The van der Waals surface area contributed by atoms with Gasteiger partial charge in [-0.2, -0.15) is 0 Å². The molecule has 2 atom stereocenters. The Morgan fingerprint density at radius 3 is 2.58 bits per heavy atom. The first-order valence-corrected chi connectivity index (χ1v) is 7.21. The SMILES string of the molecule is CC(C)COc1ccc(C(C)NC2CCOC2)cc1. The second kappa shape index (κ2) is 6.92. The van der Waals surface area contributed by atoms with E-state index < -0.39 is 0 Å². The summed E-state index contributed by atoms with van der Waals surface area (Å²) in [7, 11) is 0. The third-order valence-electron chi connectivity index (χ3n) is 3.38. The number of rotatable bonds is 6. The summed E-state index contributed by atoms with van der Waals surface area (Å²) in [6, 6.07) is 9.24. The minimum atomic E-state index is 0.353. The van der Waals surface area contributed by atoms with Gasteiger partial charge in [-0.15, -0.1) is 0 Å². The van der Waals surface area contributed by atoms with E-state index in [0.29, 0.717) is 18.0 Å². The molecule has 0 aliphatic carbocycles. The molecule has 1 aliphatic heterocycles. The van der Waals surface area contributed by atoms with E-state index in [9.17, 15) is 0 Å². The highest BCUT2D eigenvalue weighted by Gasteiger charge is 2.18. The Morgan fingerprint density at radius 1 is 1.26 bits per heavy atom. The molecule has 3 nitrogen and oxygen atoms in total. The third kappa shape index (κ3) is 4.51. The van der Waals surface area contributed by atoms with Gasteiger partial charge in [-0.1, -0.05) is 26.0 Å². The molecule has 106 valence electrons. The summed E-state index contributed by atoms with van der Waals surface area (Å²) in [6.45, 7) is 9.00. The monoisotopic (exact) mass is 263 g/mol. The molecule has 1 fully saturated rings. The molecule has 0 saturated carbocycles. The summed E-state index contributed by atoms with van der Waals surface area (Å²) in [5.41, 5.74) is 1.30. The van der Waals surface area contributed by atoms with Crippen LogP contribution in [0.25, 0.3) is 0 Å². The smallest absolute Gasteiger partial charge is 0.119 e. The second-order valence-electron chi connectivity index (χ2n) is 5.72. The molecular weight excluding hydrogens is 238 g/mol. The number of benzene rings is 1. The number of ether oxygens (including phenoxy) is 2. The van der Waals surface area contributed by atoms with E-state index in [-0.39, 0.29) is 0 Å². The van der Waals surface area contributed by atoms with Crippen LogP contribution in [0.1, 0.15) is 38.8 Å². The number of hydrogen-bond donors (Lipinski definition) is 1. The summed E-state index contributed by atoms with van der Waals surface area (Å²) in [5.74, 6) is 1.51. The molecule has 2 rings (SSSR count). The molecule has 1 aliphatic rings. The minimum Gasteiger partial charge on any atom is -0.493 e. The van der Waals surface area contributed by atoms with Crippen molar-refractivity contribution in [3.63, 3.8) is 0 Å². The average molecular weight is 263 g/mol. The molecule has 1 N–H and O–H groups in total. The van der Waals surface area contributed by atoms with Crippen LogP contribution in [0.3, 0.4) is 0 Å². The van der Waals surface area contributed by atoms with Crippen molar-refractivity contribution >= 4 is 0 Å². The average Bonchev–Trinajstić information content (AvgIpc) is 2.89. The van der Waals surface area contributed by atoms with E-state index in [2.05, 4.69) is 50.4 Å². The molecule has 0 bridgehead atoms. The van der Waals surface area contributed by atoms with Crippen molar-refractivity contribution in [2.75, 3.05) is 19.8 Å². The van der Waals surface area contributed by atoms with Gasteiger partial charge in [0.05, 0.1) is 13.2 Å². The highest BCUT2D eigenvalue weighted by Crippen LogP contribution is 2.19. The van der Waals surface area contributed by atoms with Crippen molar-refractivity contribution in [1.82, 2.24) is 5.32 Å². The zero-order chi connectivity index (χ0) is 13.7. The molecule has 1 heterocycles. The summed E-state index contributed by atoms with van der Waals surface area (Å²) in [5, 5.41) is 3.60.